The minimum absolute atomic E-state index is 0. The third-order valence-corrected chi connectivity index (χ3v) is 3.88. The molecule has 1 aromatic rings. The standard InChI is InChI=1S/C16H24N2O.ClH/c1-2-14-7-3-4-8-15(14)16(19)18-11-9-13-6-5-10-17-12-13;/h3-4,7-8,13,17H,2,5-6,9-12H2,1H3,(H,18,19);1H. The Morgan fingerprint density at radius 1 is 1.40 bits per heavy atom. The lowest BCUT2D eigenvalue weighted by Gasteiger charge is -2.22. The number of rotatable bonds is 5. The minimum Gasteiger partial charge on any atom is -0.352 e. The minimum atomic E-state index is 0. The van der Waals surface area contributed by atoms with E-state index in [9.17, 15) is 4.79 Å². The summed E-state index contributed by atoms with van der Waals surface area (Å²) in [4.78, 5) is 12.1. The highest BCUT2D eigenvalue weighted by molar-refractivity contribution is 5.95. The van der Waals surface area contributed by atoms with Gasteiger partial charge in [0.25, 0.3) is 5.91 Å². The lowest BCUT2D eigenvalue weighted by molar-refractivity contribution is 0.0949. The zero-order valence-electron chi connectivity index (χ0n) is 12.2. The molecule has 0 saturated carbocycles. The van der Waals surface area contributed by atoms with Crippen molar-refractivity contribution in [2.24, 2.45) is 5.92 Å². The van der Waals surface area contributed by atoms with Gasteiger partial charge in [-0.25, -0.2) is 0 Å². The topological polar surface area (TPSA) is 41.1 Å². The van der Waals surface area contributed by atoms with Crippen molar-refractivity contribution in [1.82, 2.24) is 10.6 Å². The van der Waals surface area contributed by atoms with Crippen molar-refractivity contribution in [3.05, 3.63) is 35.4 Å². The molecule has 1 amide bonds. The van der Waals surface area contributed by atoms with Crippen LogP contribution in [0.1, 0.15) is 42.1 Å². The second-order valence-electron chi connectivity index (χ2n) is 5.27. The fraction of sp³-hybridized carbons (Fsp3) is 0.562. The van der Waals surface area contributed by atoms with Crippen molar-refractivity contribution in [3.63, 3.8) is 0 Å². The number of nitrogens with one attached hydrogen (secondary N) is 2. The molecular formula is C16H25ClN2O. The van der Waals surface area contributed by atoms with E-state index in [-0.39, 0.29) is 18.3 Å². The summed E-state index contributed by atoms with van der Waals surface area (Å²) in [6, 6.07) is 7.86. The Balaban J connectivity index is 0.00000200. The van der Waals surface area contributed by atoms with Gasteiger partial charge >= 0.3 is 0 Å². The van der Waals surface area contributed by atoms with E-state index >= 15 is 0 Å². The van der Waals surface area contributed by atoms with Crippen LogP contribution in [0.4, 0.5) is 0 Å². The van der Waals surface area contributed by atoms with Crippen molar-refractivity contribution < 1.29 is 4.79 Å². The number of piperidine rings is 1. The highest BCUT2D eigenvalue weighted by atomic mass is 35.5. The van der Waals surface area contributed by atoms with Gasteiger partial charge in [-0.05, 0) is 56.3 Å². The van der Waals surface area contributed by atoms with Gasteiger partial charge in [0.05, 0.1) is 0 Å². The SMILES string of the molecule is CCc1ccccc1C(=O)NCCC1CCCNC1.Cl. The summed E-state index contributed by atoms with van der Waals surface area (Å²) in [5.74, 6) is 0.789. The molecule has 1 fully saturated rings. The quantitative estimate of drug-likeness (QED) is 0.877. The molecule has 0 aliphatic carbocycles. The second kappa shape index (κ2) is 8.98. The zero-order chi connectivity index (χ0) is 13.5. The molecule has 0 radical (unpaired) electrons. The molecular weight excluding hydrogens is 272 g/mol. The van der Waals surface area contributed by atoms with Gasteiger partial charge in [0.15, 0.2) is 0 Å². The predicted octanol–water partition coefficient (Wildman–Crippen LogP) is 2.79. The van der Waals surface area contributed by atoms with Gasteiger partial charge in [0, 0.05) is 12.1 Å². The van der Waals surface area contributed by atoms with Crippen molar-refractivity contribution in [1.29, 1.82) is 0 Å². The number of carbonyl (C=O) groups is 1. The maximum Gasteiger partial charge on any atom is 0.251 e. The Labute approximate surface area is 127 Å². The van der Waals surface area contributed by atoms with E-state index in [0.717, 1.165) is 49.5 Å². The van der Waals surface area contributed by atoms with E-state index in [1.807, 2.05) is 24.3 Å². The smallest absolute Gasteiger partial charge is 0.251 e. The summed E-state index contributed by atoms with van der Waals surface area (Å²) in [5.41, 5.74) is 1.95. The molecule has 0 bridgehead atoms. The maximum atomic E-state index is 12.1. The van der Waals surface area contributed by atoms with E-state index in [4.69, 9.17) is 0 Å². The van der Waals surface area contributed by atoms with Crippen LogP contribution in [0.3, 0.4) is 0 Å². The van der Waals surface area contributed by atoms with Crippen LogP contribution in [0.15, 0.2) is 24.3 Å². The lowest BCUT2D eigenvalue weighted by Crippen LogP contribution is -2.33. The summed E-state index contributed by atoms with van der Waals surface area (Å²) in [6.45, 7) is 5.11. The third kappa shape index (κ3) is 4.80. The van der Waals surface area contributed by atoms with Crippen LogP contribution < -0.4 is 10.6 Å². The molecule has 3 nitrogen and oxygen atoms in total. The van der Waals surface area contributed by atoms with Crippen LogP contribution in [-0.2, 0) is 6.42 Å². The number of halogens is 1. The van der Waals surface area contributed by atoms with E-state index in [1.165, 1.54) is 12.8 Å². The van der Waals surface area contributed by atoms with Crippen LogP contribution in [0.25, 0.3) is 0 Å². The summed E-state index contributed by atoms with van der Waals surface area (Å²) in [6.07, 6.45) is 4.52. The fourth-order valence-electron chi connectivity index (χ4n) is 2.71. The molecule has 1 aliphatic rings. The van der Waals surface area contributed by atoms with Crippen molar-refractivity contribution in [2.45, 2.75) is 32.6 Å². The van der Waals surface area contributed by atoms with E-state index in [2.05, 4.69) is 17.6 Å². The molecule has 1 saturated heterocycles. The third-order valence-electron chi connectivity index (χ3n) is 3.88. The van der Waals surface area contributed by atoms with Crippen LogP contribution in [0.5, 0.6) is 0 Å². The van der Waals surface area contributed by atoms with Crippen LogP contribution in [0.2, 0.25) is 0 Å². The normalized spacial score (nSPS) is 18.1. The molecule has 1 aromatic carbocycles. The number of amides is 1. The Morgan fingerprint density at radius 2 is 2.20 bits per heavy atom. The molecule has 1 unspecified atom stereocenters. The second-order valence-corrected chi connectivity index (χ2v) is 5.27. The first-order valence-corrected chi connectivity index (χ1v) is 7.38. The number of aryl methyl sites for hydroxylation is 1. The average molecular weight is 297 g/mol. The van der Waals surface area contributed by atoms with Crippen molar-refractivity contribution >= 4 is 18.3 Å². The summed E-state index contributed by atoms with van der Waals surface area (Å²) >= 11 is 0. The first-order valence-electron chi connectivity index (χ1n) is 7.38. The van der Waals surface area contributed by atoms with Gasteiger partial charge in [0.1, 0.15) is 0 Å². The highest BCUT2D eigenvalue weighted by Gasteiger charge is 2.14. The van der Waals surface area contributed by atoms with Crippen LogP contribution >= 0.6 is 12.4 Å². The van der Waals surface area contributed by atoms with Gasteiger partial charge < -0.3 is 10.6 Å². The first kappa shape index (κ1) is 17.0. The molecule has 1 heterocycles. The van der Waals surface area contributed by atoms with E-state index < -0.39 is 0 Å². The lowest BCUT2D eigenvalue weighted by atomic mass is 9.96. The maximum absolute atomic E-state index is 12.1. The van der Waals surface area contributed by atoms with Crippen molar-refractivity contribution in [2.75, 3.05) is 19.6 Å². The monoisotopic (exact) mass is 296 g/mol. The Bertz CT molecular complexity index is 417. The molecule has 2 N–H and O–H groups in total. The van der Waals surface area contributed by atoms with Gasteiger partial charge in [-0.15, -0.1) is 12.4 Å². The summed E-state index contributed by atoms with van der Waals surface area (Å²) in [7, 11) is 0. The van der Waals surface area contributed by atoms with Crippen LogP contribution in [0, 0.1) is 5.92 Å². The molecule has 1 aliphatic heterocycles. The fourth-order valence-corrected chi connectivity index (χ4v) is 2.71. The summed E-state index contributed by atoms with van der Waals surface area (Å²) in [5, 5.41) is 6.46. The molecule has 112 valence electrons. The number of carbonyl (C=O) groups excluding carboxylic acids is 1. The predicted molar refractivity (Wildman–Crippen MR) is 85.6 cm³/mol. The van der Waals surface area contributed by atoms with Gasteiger partial charge in [-0.2, -0.15) is 0 Å². The van der Waals surface area contributed by atoms with Gasteiger partial charge in [-0.3, -0.25) is 4.79 Å². The molecule has 20 heavy (non-hydrogen) atoms. The zero-order valence-corrected chi connectivity index (χ0v) is 13.0. The van der Waals surface area contributed by atoms with E-state index in [0.29, 0.717) is 0 Å². The average Bonchev–Trinajstić information content (AvgIpc) is 2.48. The number of hydrogen-bond donors (Lipinski definition) is 2. The Hall–Kier alpha value is -1.06. The van der Waals surface area contributed by atoms with Crippen molar-refractivity contribution in [3.8, 4) is 0 Å². The molecule has 0 spiro atoms. The van der Waals surface area contributed by atoms with Crippen LogP contribution in [-0.4, -0.2) is 25.5 Å². The summed E-state index contributed by atoms with van der Waals surface area (Å²) < 4.78 is 0. The first-order chi connectivity index (χ1) is 9.31. The van der Waals surface area contributed by atoms with E-state index in [1.54, 1.807) is 0 Å². The molecule has 4 heteroatoms. The highest BCUT2D eigenvalue weighted by Crippen LogP contribution is 2.13. The molecule has 1 atom stereocenters. The van der Waals surface area contributed by atoms with Gasteiger partial charge in [-0.1, -0.05) is 25.1 Å². The number of benzene rings is 1. The number of hydrogen-bond acceptors (Lipinski definition) is 2. The van der Waals surface area contributed by atoms with Gasteiger partial charge in [0.2, 0.25) is 0 Å². The Morgan fingerprint density at radius 3 is 2.90 bits per heavy atom. The largest absolute Gasteiger partial charge is 0.352 e. The Kier molecular flexibility index (Phi) is 7.63. The molecule has 2 rings (SSSR count). The molecule has 0 aromatic heterocycles.